The lowest BCUT2D eigenvalue weighted by molar-refractivity contribution is -0.105. The van der Waals surface area contributed by atoms with Gasteiger partial charge in [-0.3, -0.25) is 4.79 Å². The summed E-state index contributed by atoms with van der Waals surface area (Å²) in [5.41, 5.74) is 1.33. The van der Waals surface area contributed by atoms with Crippen molar-refractivity contribution in [1.29, 1.82) is 0 Å². The Labute approximate surface area is 109 Å². The lowest BCUT2D eigenvalue weighted by Gasteiger charge is -2.03. The number of hydrogen-bond acceptors (Lipinski definition) is 4. The zero-order valence-electron chi connectivity index (χ0n) is 10.6. The van der Waals surface area contributed by atoms with Crippen LogP contribution in [0.25, 0.3) is 10.9 Å². The van der Waals surface area contributed by atoms with Gasteiger partial charge < -0.3 is 19.8 Å². The molecule has 1 amide bonds. The van der Waals surface area contributed by atoms with Crippen LogP contribution in [0.3, 0.4) is 0 Å². The first kappa shape index (κ1) is 12.9. The minimum Gasteiger partial charge on any atom is -0.497 e. The van der Waals surface area contributed by atoms with E-state index in [1.54, 1.807) is 32.2 Å². The van der Waals surface area contributed by atoms with E-state index in [0.717, 1.165) is 0 Å². The number of ether oxygens (including phenoxy) is 2. The Kier molecular flexibility index (Phi) is 3.70. The Morgan fingerprint density at radius 1 is 1.47 bits per heavy atom. The maximum absolute atomic E-state index is 11.8. The summed E-state index contributed by atoms with van der Waals surface area (Å²) in [5.74, 6) is 0.123. The molecule has 6 nitrogen and oxygen atoms in total. The molecule has 1 aromatic heterocycles. The highest BCUT2D eigenvalue weighted by molar-refractivity contribution is 6.08. The van der Waals surface area contributed by atoms with Gasteiger partial charge in [-0.1, -0.05) is 0 Å². The van der Waals surface area contributed by atoms with Gasteiger partial charge in [-0.2, -0.15) is 0 Å². The van der Waals surface area contributed by atoms with E-state index < -0.39 is 5.97 Å². The molecule has 19 heavy (non-hydrogen) atoms. The number of anilines is 1. The standard InChI is InChI=1S/C13H14N2O4/c1-3-19-13(17)12-11(14-7-16)9-6-8(18-2)4-5-10(9)15-12/h4-7,15H,3H2,1-2H3,(H,14,16). The molecular formula is C13H14N2O4. The van der Waals surface area contributed by atoms with Crippen LogP contribution in [0.5, 0.6) is 5.75 Å². The van der Waals surface area contributed by atoms with Crippen molar-refractivity contribution in [2.45, 2.75) is 6.92 Å². The summed E-state index contributed by atoms with van der Waals surface area (Å²) in [5, 5.41) is 3.21. The Balaban J connectivity index is 2.59. The highest BCUT2D eigenvalue weighted by Gasteiger charge is 2.19. The third-order valence-electron chi connectivity index (χ3n) is 2.69. The van der Waals surface area contributed by atoms with E-state index >= 15 is 0 Å². The van der Waals surface area contributed by atoms with Crippen LogP contribution >= 0.6 is 0 Å². The number of carbonyl (C=O) groups is 2. The molecule has 0 aliphatic heterocycles. The third kappa shape index (κ3) is 2.37. The number of esters is 1. The van der Waals surface area contributed by atoms with E-state index in [0.29, 0.717) is 28.7 Å². The summed E-state index contributed by atoms with van der Waals surface area (Å²) in [6.45, 7) is 1.98. The molecular weight excluding hydrogens is 248 g/mol. The number of aromatic amines is 1. The van der Waals surface area contributed by atoms with E-state index in [1.807, 2.05) is 0 Å². The number of benzene rings is 1. The first-order chi connectivity index (χ1) is 9.21. The second-order valence-electron chi connectivity index (χ2n) is 3.77. The maximum atomic E-state index is 11.8. The van der Waals surface area contributed by atoms with Crippen LogP contribution in [0.2, 0.25) is 0 Å². The highest BCUT2D eigenvalue weighted by Crippen LogP contribution is 2.31. The minimum atomic E-state index is -0.512. The number of amides is 1. The van der Waals surface area contributed by atoms with E-state index in [-0.39, 0.29) is 12.3 Å². The smallest absolute Gasteiger partial charge is 0.356 e. The Morgan fingerprint density at radius 2 is 2.26 bits per heavy atom. The minimum absolute atomic E-state index is 0.220. The average Bonchev–Trinajstić information content (AvgIpc) is 2.78. The molecule has 0 fully saturated rings. The Morgan fingerprint density at radius 3 is 2.89 bits per heavy atom. The quantitative estimate of drug-likeness (QED) is 0.637. The molecule has 2 aromatic rings. The van der Waals surface area contributed by atoms with E-state index in [2.05, 4.69) is 10.3 Å². The van der Waals surface area contributed by atoms with Crippen LogP contribution in [-0.4, -0.2) is 31.1 Å². The van der Waals surface area contributed by atoms with Gasteiger partial charge in [-0.25, -0.2) is 4.79 Å². The fourth-order valence-electron chi connectivity index (χ4n) is 1.86. The summed E-state index contributed by atoms with van der Waals surface area (Å²) in [6.07, 6.45) is 0.519. The fraction of sp³-hybridized carbons (Fsp3) is 0.231. The molecule has 1 aromatic carbocycles. The van der Waals surface area contributed by atoms with Crippen LogP contribution in [0.15, 0.2) is 18.2 Å². The summed E-state index contributed by atoms with van der Waals surface area (Å²) < 4.78 is 10.1. The molecule has 0 unspecified atom stereocenters. The van der Waals surface area contributed by atoms with E-state index in [4.69, 9.17) is 9.47 Å². The average molecular weight is 262 g/mol. The number of nitrogens with one attached hydrogen (secondary N) is 2. The van der Waals surface area contributed by atoms with Crippen LogP contribution in [0, 0.1) is 0 Å². The lowest BCUT2D eigenvalue weighted by atomic mass is 10.2. The molecule has 0 aliphatic carbocycles. The van der Waals surface area contributed by atoms with Crippen molar-refractivity contribution in [3.05, 3.63) is 23.9 Å². The number of H-pyrrole nitrogens is 1. The fourth-order valence-corrected chi connectivity index (χ4v) is 1.86. The van der Waals surface area contributed by atoms with Gasteiger partial charge in [0.1, 0.15) is 11.4 Å². The Bertz CT molecular complexity index is 618. The zero-order chi connectivity index (χ0) is 13.8. The van der Waals surface area contributed by atoms with Gasteiger partial charge in [0.15, 0.2) is 0 Å². The number of hydrogen-bond donors (Lipinski definition) is 2. The maximum Gasteiger partial charge on any atom is 0.356 e. The molecule has 1 heterocycles. The normalized spacial score (nSPS) is 10.2. The van der Waals surface area contributed by atoms with Gasteiger partial charge in [-0.15, -0.1) is 0 Å². The SMILES string of the molecule is CCOC(=O)c1[nH]c2ccc(OC)cc2c1NC=O. The second-order valence-corrected chi connectivity index (χ2v) is 3.77. The molecule has 0 atom stereocenters. The molecule has 0 saturated heterocycles. The van der Waals surface area contributed by atoms with Gasteiger partial charge >= 0.3 is 5.97 Å². The van der Waals surface area contributed by atoms with Crippen molar-refractivity contribution in [2.24, 2.45) is 0 Å². The van der Waals surface area contributed by atoms with Gasteiger partial charge in [0.05, 0.1) is 19.4 Å². The zero-order valence-corrected chi connectivity index (χ0v) is 10.6. The second kappa shape index (κ2) is 5.43. The van der Waals surface area contributed by atoms with Crippen molar-refractivity contribution in [1.82, 2.24) is 4.98 Å². The third-order valence-corrected chi connectivity index (χ3v) is 2.69. The molecule has 0 spiro atoms. The Hall–Kier alpha value is -2.50. The first-order valence-corrected chi connectivity index (χ1v) is 5.78. The van der Waals surface area contributed by atoms with Crippen molar-refractivity contribution in [2.75, 3.05) is 19.0 Å². The molecule has 0 aliphatic rings. The number of methoxy groups -OCH3 is 1. The molecule has 0 saturated carbocycles. The van der Waals surface area contributed by atoms with Crippen molar-refractivity contribution >= 4 is 29.0 Å². The van der Waals surface area contributed by atoms with Gasteiger partial charge in [0, 0.05) is 10.9 Å². The van der Waals surface area contributed by atoms with Gasteiger partial charge in [0.2, 0.25) is 6.41 Å². The van der Waals surface area contributed by atoms with Crippen molar-refractivity contribution in [3.8, 4) is 5.75 Å². The molecule has 6 heteroatoms. The largest absolute Gasteiger partial charge is 0.497 e. The highest BCUT2D eigenvalue weighted by atomic mass is 16.5. The van der Waals surface area contributed by atoms with Gasteiger partial charge in [-0.05, 0) is 25.1 Å². The predicted octanol–water partition coefficient (Wildman–Crippen LogP) is 1.92. The number of aromatic nitrogens is 1. The van der Waals surface area contributed by atoms with Gasteiger partial charge in [0.25, 0.3) is 0 Å². The van der Waals surface area contributed by atoms with Crippen molar-refractivity contribution in [3.63, 3.8) is 0 Å². The topological polar surface area (TPSA) is 80.4 Å². The number of fused-ring (bicyclic) bond motifs is 1. The van der Waals surface area contributed by atoms with Crippen LogP contribution < -0.4 is 10.1 Å². The molecule has 2 rings (SSSR count). The molecule has 2 N–H and O–H groups in total. The molecule has 0 radical (unpaired) electrons. The molecule has 100 valence electrons. The number of rotatable bonds is 5. The van der Waals surface area contributed by atoms with E-state index in [9.17, 15) is 9.59 Å². The van der Waals surface area contributed by atoms with Crippen molar-refractivity contribution < 1.29 is 19.1 Å². The molecule has 0 bridgehead atoms. The predicted molar refractivity (Wildman–Crippen MR) is 70.5 cm³/mol. The monoisotopic (exact) mass is 262 g/mol. The van der Waals surface area contributed by atoms with E-state index in [1.165, 1.54) is 0 Å². The van der Waals surface area contributed by atoms with Crippen LogP contribution in [-0.2, 0) is 9.53 Å². The summed E-state index contributed by atoms with van der Waals surface area (Å²) in [4.78, 5) is 25.5. The summed E-state index contributed by atoms with van der Waals surface area (Å²) >= 11 is 0. The first-order valence-electron chi connectivity index (χ1n) is 5.78. The number of carbonyl (C=O) groups excluding carboxylic acids is 2. The lowest BCUT2D eigenvalue weighted by Crippen LogP contribution is -2.08. The summed E-state index contributed by atoms with van der Waals surface area (Å²) in [6, 6.07) is 5.27. The van der Waals surface area contributed by atoms with Crippen LogP contribution in [0.1, 0.15) is 17.4 Å². The summed E-state index contributed by atoms with van der Waals surface area (Å²) in [7, 11) is 1.55. The van der Waals surface area contributed by atoms with Crippen LogP contribution in [0.4, 0.5) is 5.69 Å².